The second-order valence-corrected chi connectivity index (χ2v) is 6.53. The van der Waals surface area contributed by atoms with Crippen molar-refractivity contribution in [3.63, 3.8) is 0 Å². The Bertz CT molecular complexity index is 267. The Kier molecular flexibility index (Phi) is 5.67. The molecule has 19 heavy (non-hydrogen) atoms. The van der Waals surface area contributed by atoms with E-state index in [1.165, 1.54) is 32.1 Å². The summed E-state index contributed by atoms with van der Waals surface area (Å²) in [6.07, 6.45) is 7.18. The largest absolute Gasteiger partial charge is 0.391 e. The van der Waals surface area contributed by atoms with E-state index in [1.54, 1.807) is 7.11 Å². The summed E-state index contributed by atoms with van der Waals surface area (Å²) in [6.45, 7) is 6.36. The van der Waals surface area contributed by atoms with Crippen molar-refractivity contribution in [2.24, 2.45) is 11.8 Å². The molecular formula is C16H31NO2. The fraction of sp³-hybridized carbons (Fsp3) is 1.00. The predicted molar refractivity (Wildman–Crippen MR) is 78.2 cm³/mol. The molecule has 0 heterocycles. The van der Waals surface area contributed by atoms with Gasteiger partial charge in [-0.25, -0.2) is 0 Å². The molecule has 3 heteroatoms. The molecule has 0 aromatic carbocycles. The second-order valence-electron chi connectivity index (χ2n) is 6.53. The number of rotatable bonds is 7. The molecule has 2 fully saturated rings. The third-order valence-electron chi connectivity index (χ3n) is 5.27. The highest BCUT2D eigenvalue weighted by Crippen LogP contribution is 2.38. The zero-order valence-electron chi connectivity index (χ0n) is 12.8. The third kappa shape index (κ3) is 3.93. The van der Waals surface area contributed by atoms with Crippen molar-refractivity contribution in [3.8, 4) is 0 Å². The molecule has 112 valence electrons. The fourth-order valence-corrected chi connectivity index (χ4v) is 3.66. The third-order valence-corrected chi connectivity index (χ3v) is 5.27. The van der Waals surface area contributed by atoms with E-state index in [2.05, 4.69) is 18.7 Å². The van der Waals surface area contributed by atoms with Gasteiger partial charge in [0.2, 0.25) is 0 Å². The van der Waals surface area contributed by atoms with Gasteiger partial charge in [-0.3, -0.25) is 4.90 Å². The first-order valence-corrected chi connectivity index (χ1v) is 8.10. The van der Waals surface area contributed by atoms with Crippen LogP contribution >= 0.6 is 0 Å². The molecule has 0 radical (unpaired) electrons. The molecule has 0 spiro atoms. The first kappa shape index (κ1) is 15.3. The lowest BCUT2D eigenvalue weighted by atomic mass is 9.81. The van der Waals surface area contributed by atoms with E-state index >= 15 is 0 Å². The highest BCUT2D eigenvalue weighted by Gasteiger charge is 2.39. The summed E-state index contributed by atoms with van der Waals surface area (Å²) in [4.78, 5) is 2.55. The predicted octanol–water partition coefficient (Wildman–Crippen LogP) is 2.67. The molecule has 2 saturated carbocycles. The Hall–Kier alpha value is -0.120. The average Bonchev–Trinajstić information content (AvgIpc) is 3.25. The smallest absolute Gasteiger partial charge is 0.0695 e. The van der Waals surface area contributed by atoms with Gasteiger partial charge < -0.3 is 9.84 Å². The molecule has 0 aromatic rings. The molecule has 2 aliphatic rings. The minimum absolute atomic E-state index is 0.138. The SMILES string of the molecule is CCC1CCC(O)C(N(CCOC)C(C)C2CC2)C1. The number of hydrogen-bond acceptors (Lipinski definition) is 3. The molecule has 0 aliphatic heterocycles. The van der Waals surface area contributed by atoms with Gasteiger partial charge in [0.05, 0.1) is 12.7 Å². The van der Waals surface area contributed by atoms with E-state index in [-0.39, 0.29) is 6.10 Å². The lowest BCUT2D eigenvalue weighted by molar-refractivity contribution is -0.0270. The number of nitrogens with zero attached hydrogens (tertiary/aromatic N) is 1. The highest BCUT2D eigenvalue weighted by atomic mass is 16.5. The van der Waals surface area contributed by atoms with E-state index in [0.717, 1.165) is 31.4 Å². The molecule has 4 atom stereocenters. The van der Waals surface area contributed by atoms with Crippen molar-refractivity contribution < 1.29 is 9.84 Å². The minimum Gasteiger partial charge on any atom is -0.391 e. The van der Waals surface area contributed by atoms with Gasteiger partial charge in [0.25, 0.3) is 0 Å². The van der Waals surface area contributed by atoms with Gasteiger partial charge >= 0.3 is 0 Å². The van der Waals surface area contributed by atoms with Gasteiger partial charge in [-0.1, -0.05) is 13.3 Å². The van der Waals surface area contributed by atoms with Crippen LogP contribution in [0, 0.1) is 11.8 Å². The second kappa shape index (κ2) is 7.05. The molecule has 0 bridgehead atoms. The number of hydrogen-bond donors (Lipinski definition) is 1. The molecule has 2 aliphatic carbocycles. The Morgan fingerprint density at radius 2 is 2.00 bits per heavy atom. The van der Waals surface area contributed by atoms with Gasteiger partial charge in [0.1, 0.15) is 0 Å². The first-order chi connectivity index (χ1) is 9.17. The van der Waals surface area contributed by atoms with Crippen LogP contribution in [0.3, 0.4) is 0 Å². The molecule has 1 N–H and O–H groups in total. The summed E-state index contributed by atoms with van der Waals surface area (Å²) in [5.41, 5.74) is 0. The van der Waals surface area contributed by atoms with Crippen molar-refractivity contribution in [1.29, 1.82) is 0 Å². The first-order valence-electron chi connectivity index (χ1n) is 8.10. The van der Waals surface area contributed by atoms with Crippen LogP contribution in [-0.4, -0.2) is 48.5 Å². The maximum atomic E-state index is 10.4. The summed E-state index contributed by atoms with van der Waals surface area (Å²) >= 11 is 0. The summed E-state index contributed by atoms with van der Waals surface area (Å²) in [5, 5.41) is 10.4. The zero-order chi connectivity index (χ0) is 13.8. The maximum Gasteiger partial charge on any atom is 0.0695 e. The van der Waals surface area contributed by atoms with Crippen LogP contribution in [0.4, 0.5) is 0 Å². The fourth-order valence-electron chi connectivity index (χ4n) is 3.66. The summed E-state index contributed by atoms with van der Waals surface area (Å²) in [5.74, 6) is 1.65. The van der Waals surface area contributed by atoms with Crippen molar-refractivity contribution in [2.75, 3.05) is 20.3 Å². The van der Waals surface area contributed by atoms with Crippen LogP contribution in [-0.2, 0) is 4.74 Å². The van der Waals surface area contributed by atoms with Crippen LogP contribution < -0.4 is 0 Å². The van der Waals surface area contributed by atoms with Crippen molar-refractivity contribution in [1.82, 2.24) is 4.90 Å². The zero-order valence-corrected chi connectivity index (χ0v) is 12.8. The molecule has 3 nitrogen and oxygen atoms in total. The van der Waals surface area contributed by atoms with Crippen molar-refractivity contribution in [2.45, 2.75) is 70.6 Å². The van der Waals surface area contributed by atoms with E-state index in [0.29, 0.717) is 12.1 Å². The molecule has 0 saturated heterocycles. The Morgan fingerprint density at radius 1 is 1.26 bits per heavy atom. The van der Waals surface area contributed by atoms with Crippen LogP contribution in [0.5, 0.6) is 0 Å². The molecule has 0 amide bonds. The summed E-state index contributed by atoms with van der Waals surface area (Å²) in [6, 6.07) is 0.954. The van der Waals surface area contributed by atoms with Crippen molar-refractivity contribution >= 4 is 0 Å². The van der Waals surface area contributed by atoms with Crippen LogP contribution in [0.1, 0.15) is 52.4 Å². The Balaban J connectivity index is 2.01. The van der Waals surface area contributed by atoms with Crippen LogP contribution in [0.25, 0.3) is 0 Å². The Labute approximate surface area is 118 Å². The van der Waals surface area contributed by atoms with E-state index in [9.17, 15) is 5.11 Å². The normalized spacial score (nSPS) is 33.6. The van der Waals surface area contributed by atoms with Gasteiger partial charge in [-0.05, 0) is 50.9 Å². The highest BCUT2D eigenvalue weighted by molar-refractivity contribution is 4.93. The Morgan fingerprint density at radius 3 is 2.58 bits per heavy atom. The topological polar surface area (TPSA) is 32.7 Å². The quantitative estimate of drug-likeness (QED) is 0.771. The molecule has 2 rings (SSSR count). The van der Waals surface area contributed by atoms with Gasteiger partial charge in [-0.2, -0.15) is 0 Å². The summed E-state index contributed by atoms with van der Waals surface area (Å²) in [7, 11) is 1.77. The molecule has 0 aromatic heterocycles. The standard InChI is InChI=1S/C16H31NO2/c1-4-13-5-8-16(18)15(11-13)17(9-10-19-3)12(2)14-6-7-14/h12-16,18H,4-11H2,1-3H3. The molecular weight excluding hydrogens is 238 g/mol. The van der Waals surface area contributed by atoms with Crippen LogP contribution in [0.2, 0.25) is 0 Å². The lowest BCUT2D eigenvalue weighted by Gasteiger charge is -2.43. The van der Waals surface area contributed by atoms with E-state index in [4.69, 9.17) is 4.74 Å². The lowest BCUT2D eigenvalue weighted by Crippen LogP contribution is -2.52. The van der Waals surface area contributed by atoms with E-state index in [1.807, 2.05) is 0 Å². The number of aliphatic hydroxyl groups excluding tert-OH is 1. The monoisotopic (exact) mass is 269 g/mol. The van der Waals surface area contributed by atoms with Crippen molar-refractivity contribution in [3.05, 3.63) is 0 Å². The number of methoxy groups -OCH3 is 1. The number of aliphatic hydroxyl groups is 1. The van der Waals surface area contributed by atoms with Gasteiger partial charge in [-0.15, -0.1) is 0 Å². The molecule has 4 unspecified atom stereocenters. The summed E-state index contributed by atoms with van der Waals surface area (Å²) < 4.78 is 5.28. The number of ether oxygens (including phenoxy) is 1. The van der Waals surface area contributed by atoms with Gasteiger partial charge in [0.15, 0.2) is 0 Å². The average molecular weight is 269 g/mol. The van der Waals surface area contributed by atoms with E-state index < -0.39 is 0 Å². The maximum absolute atomic E-state index is 10.4. The van der Waals surface area contributed by atoms with Gasteiger partial charge in [0, 0.05) is 25.7 Å². The van der Waals surface area contributed by atoms with Crippen LogP contribution in [0.15, 0.2) is 0 Å². The minimum atomic E-state index is -0.138.